The molecule has 1 atom stereocenters. The van der Waals surface area contributed by atoms with Crippen LogP contribution in [0.5, 0.6) is 0 Å². The first-order valence-corrected chi connectivity index (χ1v) is 10.1. The van der Waals surface area contributed by atoms with Crippen molar-refractivity contribution in [3.05, 3.63) is 36.0 Å². The molecule has 9 nitrogen and oxygen atoms in total. The first-order valence-electron chi connectivity index (χ1n) is 10.1. The Morgan fingerprint density at radius 2 is 2.06 bits per heavy atom. The Morgan fingerprint density at radius 3 is 2.78 bits per heavy atom. The van der Waals surface area contributed by atoms with Gasteiger partial charge in [-0.25, -0.2) is 15.0 Å². The molecule has 0 spiro atoms. The quantitative estimate of drug-likeness (QED) is 0.437. The number of aromatic nitrogens is 6. The maximum Gasteiger partial charge on any atom is 0.419 e. The lowest BCUT2D eigenvalue weighted by molar-refractivity contribution is -0.137. The Labute approximate surface area is 179 Å². The molecular formula is C20H19F3N8O. The minimum atomic E-state index is -4.61. The SMILES string of the molecule is Cc1nc(-c2ccc3c(-c4nc(N[C@H]5CCCNC5)ncc4C(F)(F)F)c[nH]c3n2)no1. The van der Waals surface area contributed by atoms with Crippen molar-refractivity contribution in [1.29, 1.82) is 0 Å². The van der Waals surface area contributed by atoms with Crippen molar-refractivity contribution in [2.24, 2.45) is 0 Å². The van der Waals surface area contributed by atoms with Gasteiger partial charge >= 0.3 is 6.18 Å². The Bertz CT molecular complexity index is 1260. The Hall–Kier alpha value is -3.54. The molecule has 0 aliphatic carbocycles. The van der Waals surface area contributed by atoms with Crippen molar-refractivity contribution in [1.82, 2.24) is 35.4 Å². The molecule has 1 fully saturated rings. The molecule has 4 aromatic heterocycles. The fourth-order valence-electron chi connectivity index (χ4n) is 3.75. The summed E-state index contributed by atoms with van der Waals surface area (Å²) in [5, 5.41) is 10.7. The third kappa shape index (κ3) is 3.88. The van der Waals surface area contributed by atoms with Gasteiger partial charge in [0, 0.05) is 42.9 Å². The number of hydrogen-bond acceptors (Lipinski definition) is 8. The summed E-state index contributed by atoms with van der Waals surface area (Å²) in [5.41, 5.74) is -0.0206. The number of fused-ring (bicyclic) bond motifs is 1. The van der Waals surface area contributed by atoms with Gasteiger partial charge < -0.3 is 20.1 Å². The summed E-state index contributed by atoms with van der Waals surface area (Å²) in [5.74, 6) is 0.840. The summed E-state index contributed by atoms with van der Waals surface area (Å²) in [6.07, 6.45) is -0.459. The highest BCUT2D eigenvalue weighted by Gasteiger charge is 2.36. The maximum absolute atomic E-state index is 13.8. The molecule has 1 saturated heterocycles. The number of anilines is 1. The van der Waals surface area contributed by atoms with E-state index in [1.807, 2.05) is 0 Å². The lowest BCUT2D eigenvalue weighted by Crippen LogP contribution is -2.38. The van der Waals surface area contributed by atoms with Crippen molar-refractivity contribution in [2.45, 2.75) is 32.0 Å². The second kappa shape index (κ2) is 7.86. The summed E-state index contributed by atoms with van der Waals surface area (Å²) in [6, 6.07) is 3.35. The van der Waals surface area contributed by atoms with Crippen LogP contribution in [0.2, 0.25) is 0 Å². The molecule has 166 valence electrons. The van der Waals surface area contributed by atoms with Crippen LogP contribution in [0.15, 0.2) is 29.0 Å². The van der Waals surface area contributed by atoms with E-state index in [-0.39, 0.29) is 23.2 Å². The van der Waals surface area contributed by atoms with Gasteiger partial charge in [0.05, 0.1) is 5.69 Å². The van der Waals surface area contributed by atoms with Crippen molar-refractivity contribution >= 4 is 17.0 Å². The van der Waals surface area contributed by atoms with Crippen LogP contribution in [-0.2, 0) is 6.18 Å². The first kappa shape index (κ1) is 20.4. The van der Waals surface area contributed by atoms with Crippen LogP contribution < -0.4 is 10.6 Å². The van der Waals surface area contributed by atoms with Crippen LogP contribution in [0.4, 0.5) is 19.1 Å². The number of rotatable bonds is 4. The molecule has 0 unspecified atom stereocenters. The highest BCUT2D eigenvalue weighted by atomic mass is 19.4. The number of piperidine rings is 1. The maximum atomic E-state index is 13.8. The average molecular weight is 444 g/mol. The monoisotopic (exact) mass is 444 g/mol. The molecule has 0 saturated carbocycles. The number of aryl methyl sites for hydroxylation is 1. The predicted octanol–water partition coefficient (Wildman–Crippen LogP) is 3.56. The number of nitrogens with one attached hydrogen (secondary N) is 3. The van der Waals surface area contributed by atoms with Crippen molar-refractivity contribution in [3.8, 4) is 22.8 Å². The van der Waals surface area contributed by atoms with Gasteiger partial charge in [0.2, 0.25) is 17.7 Å². The van der Waals surface area contributed by atoms with Gasteiger partial charge in [0.1, 0.15) is 16.9 Å². The molecule has 5 heterocycles. The van der Waals surface area contributed by atoms with E-state index in [1.165, 1.54) is 6.20 Å². The number of H-pyrrole nitrogens is 1. The van der Waals surface area contributed by atoms with Crippen LogP contribution in [0.1, 0.15) is 24.3 Å². The molecular weight excluding hydrogens is 425 g/mol. The summed E-state index contributed by atoms with van der Waals surface area (Å²) < 4.78 is 46.2. The molecule has 3 N–H and O–H groups in total. The van der Waals surface area contributed by atoms with E-state index in [0.29, 0.717) is 35.0 Å². The molecule has 4 aromatic rings. The zero-order valence-corrected chi connectivity index (χ0v) is 17.0. The standard InChI is InChI=1S/C20H19F3N8O/c1-10-27-18(31-32-10)15-5-4-12-13(8-25-17(12)29-15)16-14(20(21,22)23)9-26-19(30-16)28-11-3-2-6-24-7-11/h4-5,8-9,11,24H,2-3,6-7H2,1H3,(H,25,29)(H,26,28,30)/t11-/m0/s1. The van der Waals surface area contributed by atoms with Gasteiger partial charge in [-0.05, 0) is 31.5 Å². The second-order valence-corrected chi connectivity index (χ2v) is 7.57. The van der Waals surface area contributed by atoms with Gasteiger partial charge in [-0.1, -0.05) is 5.16 Å². The number of aromatic amines is 1. The zero-order chi connectivity index (χ0) is 22.3. The number of nitrogens with zero attached hydrogens (tertiary/aromatic N) is 5. The first-order chi connectivity index (χ1) is 15.4. The molecule has 32 heavy (non-hydrogen) atoms. The highest BCUT2D eigenvalue weighted by Crippen LogP contribution is 2.38. The minimum Gasteiger partial charge on any atom is -0.350 e. The fourth-order valence-corrected chi connectivity index (χ4v) is 3.75. The van der Waals surface area contributed by atoms with E-state index in [9.17, 15) is 13.2 Å². The van der Waals surface area contributed by atoms with Crippen LogP contribution in [0.3, 0.4) is 0 Å². The average Bonchev–Trinajstić information content (AvgIpc) is 3.39. The van der Waals surface area contributed by atoms with Gasteiger partial charge in [-0.15, -0.1) is 0 Å². The van der Waals surface area contributed by atoms with E-state index in [0.717, 1.165) is 25.6 Å². The third-order valence-corrected chi connectivity index (χ3v) is 5.27. The smallest absolute Gasteiger partial charge is 0.350 e. The summed E-state index contributed by atoms with van der Waals surface area (Å²) >= 11 is 0. The lowest BCUT2D eigenvalue weighted by atomic mass is 10.1. The molecule has 1 aliphatic rings. The fraction of sp³-hybridized carbons (Fsp3) is 0.350. The molecule has 0 aromatic carbocycles. The summed E-state index contributed by atoms with van der Waals surface area (Å²) in [4.78, 5) is 19.7. The van der Waals surface area contributed by atoms with Gasteiger partial charge in [0.15, 0.2) is 0 Å². The number of alkyl halides is 3. The van der Waals surface area contributed by atoms with Crippen LogP contribution >= 0.6 is 0 Å². The summed E-state index contributed by atoms with van der Waals surface area (Å²) in [6.45, 7) is 3.28. The van der Waals surface area contributed by atoms with Crippen LogP contribution in [-0.4, -0.2) is 49.2 Å². The van der Waals surface area contributed by atoms with Crippen molar-refractivity contribution in [3.63, 3.8) is 0 Å². The number of halogens is 3. The molecule has 5 rings (SSSR count). The van der Waals surface area contributed by atoms with E-state index >= 15 is 0 Å². The minimum absolute atomic E-state index is 0.0546. The van der Waals surface area contributed by atoms with Gasteiger partial charge in [-0.2, -0.15) is 18.2 Å². The molecule has 12 heteroatoms. The molecule has 0 amide bonds. The van der Waals surface area contributed by atoms with Crippen LogP contribution in [0, 0.1) is 6.92 Å². The van der Waals surface area contributed by atoms with Gasteiger partial charge in [-0.3, -0.25) is 0 Å². The normalized spacial score (nSPS) is 17.1. The Balaban J connectivity index is 1.56. The lowest BCUT2D eigenvalue weighted by Gasteiger charge is -2.24. The van der Waals surface area contributed by atoms with Crippen molar-refractivity contribution < 1.29 is 17.7 Å². The number of pyridine rings is 1. The molecule has 0 radical (unpaired) electrons. The van der Waals surface area contributed by atoms with E-state index in [2.05, 4.69) is 40.7 Å². The van der Waals surface area contributed by atoms with Crippen LogP contribution in [0.25, 0.3) is 33.8 Å². The van der Waals surface area contributed by atoms with Crippen molar-refractivity contribution in [2.75, 3.05) is 18.4 Å². The van der Waals surface area contributed by atoms with E-state index in [1.54, 1.807) is 19.1 Å². The van der Waals surface area contributed by atoms with E-state index < -0.39 is 11.7 Å². The largest absolute Gasteiger partial charge is 0.419 e. The zero-order valence-electron chi connectivity index (χ0n) is 17.0. The topological polar surface area (TPSA) is 117 Å². The highest BCUT2D eigenvalue weighted by molar-refractivity contribution is 5.94. The predicted molar refractivity (Wildman–Crippen MR) is 110 cm³/mol. The Kier molecular flexibility index (Phi) is 5.00. The molecule has 1 aliphatic heterocycles. The second-order valence-electron chi connectivity index (χ2n) is 7.57. The Morgan fingerprint density at radius 1 is 1.19 bits per heavy atom. The van der Waals surface area contributed by atoms with E-state index in [4.69, 9.17) is 4.52 Å². The number of hydrogen-bond donors (Lipinski definition) is 3. The van der Waals surface area contributed by atoms with Gasteiger partial charge in [0.25, 0.3) is 0 Å². The molecule has 0 bridgehead atoms. The third-order valence-electron chi connectivity index (χ3n) is 5.27. The summed E-state index contributed by atoms with van der Waals surface area (Å²) in [7, 11) is 0.